The van der Waals surface area contributed by atoms with Gasteiger partial charge in [0.2, 0.25) is 26.0 Å². The van der Waals surface area contributed by atoms with Crippen molar-refractivity contribution in [3.8, 4) is 0 Å². The number of anilines is 2. The summed E-state index contributed by atoms with van der Waals surface area (Å²) in [5.74, 6) is -0.399. The maximum atomic E-state index is 12.6. The first-order chi connectivity index (χ1) is 13.8. The predicted molar refractivity (Wildman–Crippen MR) is 119 cm³/mol. The van der Waals surface area contributed by atoms with Gasteiger partial charge in [0.15, 0.2) is 0 Å². The second-order valence-electron chi connectivity index (χ2n) is 7.33. The fourth-order valence-electron chi connectivity index (χ4n) is 3.19. The van der Waals surface area contributed by atoms with Crippen LogP contribution in [0.3, 0.4) is 0 Å². The molecule has 0 fully saturated rings. The normalized spacial score (nSPS) is 11.9. The zero-order chi connectivity index (χ0) is 22.7. The number of carbonyl (C=O) groups excluding carboxylic acids is 1. The second kappa shape index (κ2) is 9.15. The fraction of sp³-hybridized carbons (Fsp3) is 0.350. The van der Waals surface area contributed by atoms with Gasteiger partial charge in [-0.15, -0.1) is 0 Å². The summed E-state index contributed by atoms with van der Waals surface area (Å²) in [5.41, 5.74) is 3.75. The summed E-state index contributed by atoms with van der Waals surface area (Å²) < 4.78 is 53.0. The molecule has 3 N–H and O–H groups in total. The van der Waals surface area contributed by atoms with Crippen LogP contribution in [0.2, 0.25) is 0 Å². The smallest absolute Gasteiger partial charge is 0.241 e. The van der Waals surface area contributed by atoms with E-state index in [9.17, 15) is 21.6 Å². The van der Waals surface area contributed by atoms with E-state index in [-0.39, 0.29) is 17.9 Å². The number of carbonyl (C=O) groups is 1. The van der Waals surface area contributed by atoms with Crippen LogP contribution in [-0.2, 0) is 24.8 Å². The zero-order valence-electron chi connectivity index (χ0n) is 17.7. The van der Waals surface area contributed by atoms with Crippen LogP contribution < -0.4 is 14.8 Å². The maximum Gasteiger partial charge on any atom is 0.241 e. The van der Waals surface area contributed by atoms with Gasteiger partial charge in [-0.05, 0) is 56.5 Å². The Morgan fingerprint density at radius 2 is 1.50 bits per heavy atom. The average molecular weight is 454 g/mol. The van der Waals surface area contributed by atoms with Crippen LogP contribution in [0.25, 0.3) is 0 Å². The number of rotatable bonds is 8. The Bertz CT molecular complexity index is 1150. The summed E-state index contributed by atoms with van der Waals surface area (Å²) in [4.78, 5) is 12.4. The summed E-state index contributed by atoms with van der Waals surface area (Å²) in [6, 6.07) is 8.43. The molecule has 0 atom stereocenters. The van der Waals surface area contributed by atoms with Gasteiger partial charge in [0.25, 0.3) is 0 Å². The van der Waals surface area contributed by atoms with Gasteiger partial charge in [-0.3, -0.25) is 9.52 Å². The number of hydrogen-bond donors (Lipinski definition) is 3. The van der Waals surface area contributed by atoms with E-state index in [1.165, 1.54) is 6.07 Å². The monoisotopic (exact) mass is 453 g/mol. The van der Waals surface area contributed by atoms with Crippen molar-refractivity contribution in [2.24, 2.45) is 0 Å². The molecule has 0 unspecified atom stereocenters. The molecule has 1 amide bonds. The molecule has 164 valence electrons. The van der Waals surface area contributed by atoms with Gasteiger partial charge in [-0.2, -0.15) is 0 Å². The molecule has 0 saturated carbocycles. The molecule has 2 aromatic carbocycles. The molecule has 0 aliphatic heterocycles. The molecule has 2 aromatic rings. The Balaban J connectivity index is 2.01. The number of benzene rings is 2. The summed E-state index contributed by atoms with van der Waals surface area (Å²) in [6.07, 6.45) is 0.965. The Kier molecular flexibility index (Phi) is 7.27. The lowest BCUT2D eigenvalue weighted by molar-refractivity contribution is -0.116. The molecule has 0 bridgehead atoms. The molecule has 0 radical (unpaired) electrons. The first kappa shape index (κ1) is 23.8. The van der Waals surface area contributed by atoms with Gasteiger partial charge in [-0.25, -0.2) is 21.6 Å². The third-order valence-electron chi connectivity index (χ3n) is 4.33. The van der Waals surface area contributed by atoms with Crippen molar-refractivity contribution in [2.45, 2.75) is 39.0 Å². The topological polar surface area (TPSA) is 121 Å². The van der Waals surface area contributed by atoms with Crippen molar-refractivity contribution in [1.82, 2.24) is 4.72 Å². The van der Waals surface area contributed by atoms with Crippen LogP contribution in [0.15, 0.2) is 35.2 Å². The summed E-state index contributed by atoms with van der Waals surface area (Å²) in [6.45, 7) is 7.04. The van der Waals surface area contributed by atoms with Crippen molar-refractivity contribution in [3.05, 3.63) is 52.6 Å². The molecule has 0 aromatic heterocycles. The molecule has 2 rings (SSSR count). The summed E-state index contributed by atoms with van der Waals surface area (Å²) in [5, 5.41) is 2.64. The highest BCUT2D eigenvalue weighted by atomic mass is 32.2. The first-order valence-electron chi connectivity index (χ1n) is 9.24. The number of nitrogens with one attached hydrogen (secondary N) is 3. The van der Waals surface area contributed by atoms with E-state index >= 15 is 0 Å². The SMILES string of the molecule is Cc1cc(C)c(S(=O)(=O)NCCC(=O)Nc2ccc(C)c(NS(C)(=O)=O)c2)c(C)c1. The molecule has 8 nitrogen and oxygen atoms in total. The summed E-state index contributed by atoms with van der Waals surface area (Å²) >= 11 is 0. The molecule has 0 aliphatic rings. The minimum atomic E-state index is -3.75. The quantitative estimate of drug-likeness (QED) is 0.567. The largest absolute Gasteiger partial charge is 0.326 e. The third kappa shape index (κ3) is 6.54. The first-order valence-corrected chi connectivity index (χ1v) is 12.6. The molecule has 0 saturated heterocycles. The predicted octanol–water partition coefficient (Wildman–Crippen LogP) is 2.60. The van der Waals surface area contributed by atoms with Crippen LogP contribution in [0.4, 0.5) is 11.4 Å². The van der Waals surface area contributed by atoms with Crippen LogP contribution >= 0.6 is 0 Å². The molecule has 0 heterocycles. The fourth-order valence-corrected chi connectivity index (χ4v) is 5.29. The molecular formula is C20H27N3O5S2. The maximum absolute atomic E-state index is 12.6. The van der Waals surface area contributed by atoms with E-state index in [0.717, 1.165) is 11.8 Å². The van der Waals surface area contributed by atoms with Crippen molar-refractivity contribution < 1.29 is 21.6 Å². The standard InChI is InChI=1S/C20H27N3O5S2/c1-13-10-15(3)20(16(4)11-13)30(27,28)21-9-8-19(24)22-17-7-6-14(2)18(12-17)23-29(5,25)26/h6-7,10-12,21,23H,8-9H2,1-5H3,(H,22,24). The van der Waals surface area contributed by atoms with Crippen molar-refractivity contribution in [3.63, 3.8) is 0 Å². The van der Waals surface area contributed by atoms with Crippen LogP contribution in [0.1, 0.15) is 28.7 Å². The highest BCUT2D eigenvalue weighted by Gasteiger charge is 2.20. The lowest BCUT2D eigenvalue weighted by Crippen LogP contribution is -2.29. The van der Waals surface area contributed by atoms with E-state index in [0.29, 0.717) is 28.1 Å². The van der Waals surface area contributed by atoms with Crippen LogP contribution in [-0.4, -0.2) is 35.5 Å². The number of sulfonamides is 2. The van der Waals surface area contributed by atoms with Gasteiger partial charge in [0, 0.05) is 18.7 Å². The van der Waals surface area contributed by atoms with Gasteiger partial charge < -0.3 is 5.32 Å². The van der Waals surface area contributed by atoms with E-state index in [2.05, 4.69) is 14.8 Å². The van der Waals surface area contributed by atoms with E-state index in [1.807, 2.05) is 6.92 Å². The highest BCUT2D eigenvalue weighted by molar-refractivity contribution is 7.92. The third-order valence-corrected chi connectivity index (χ3v) is 6.69. The Morgan fingerprint density at radius 1 is 0.900 bits per heavy atom. The van der Waals surface area contributed by atoms with Crippen molar-refractivity contribution in [2.75, 3.05) is 22.8 Å². The van der Waals surface area contributed by atoms with E-state index in [1.54, 1.807) is 45.0 Å². The Labute approximate surface area is 178 Å². The van der Waals surface area contributed by atoms with E-state index in [4.69, 9.17) is 0 Å². The van der Waals surface area contributed by atoms with Crippen LogP contribution in [0, 0.1) is 27.7 Å². The summed E-state index contributed by atoms with van der Waals surface area (Å²) in [7, 11) is -7.20. The average Bonchev–Trinajstić information content (AvgIpc) is 2.55. The second-order valence-corrected chi connectivity index (χ2v) is 10.8. The minimum Gasteiger partial charge on any atom is -0.326 e. The Morgan fingerprint density at radius 3 is 2.07 bits per heavy atom. The zero-order valence-corrected chi connectivity index (χ0v) is 19.3. The molecule has 10 heteroatoms. The van der Waals surface area contributed by atoms with Crippen LogP contribution in [0.5, 0.6) is 0 Å². The molecule has 0 spiro atoms. The Hall–Kier alpha value is -2.43. The van der Waals surface area contributed by atoms with Gasteiger partial charge >= 0.3 is 0 Å². The minimum absolute atomic E-state index is 0.0682. The highest BCUT2D eigenvalue weighted by Crippen LogP contribution is 2.22. The number of amides is 1. The van der Waals surface area contributed by atoms with Gasteiger partial charge in [0.1, 0.15) is 0 Å². The molecule has 0 aliphatic carbocycles. The number of hydrogen-bond acceptors (Lipinski definition) is 5. The van der Waals surface area contributed by atoms with E-state index < -0.39 is 26.0 Å². The number of aryl methyl sites for hydroxylation is 4. The molecular weight excluding hydrogens is 426 g/mol. The lowest BCUT2D eigenvalue weighted by Gasteiger charge is -2.13. The van der Waals surface area contributed by atoms with Crippen molar-refractivity contribution in [1.29, 1.82) is 0 Å². The van der Waals surface area contributed by atoms with Crippen molar-refractivity contribution >= 4 is 37.3 Å². The van der Waals surface area contributed by atoms with Gasteiger partial charge in [-0.1, -0.05) is 23.8 Å². The van der Waals surface area contributed by atoms with Gasteiger partial charge in [0.05, 0.1) is 16.8 Å². The lowest BCUT2D eigenvalue weighted by atomic mass is 10.1. The molecule has 30 heavy (non-hydrogen) atoms.